The van der Waals surface area contributed by atoms with Crippen LogP contribution in [-0.2, 0) is 28.4 Å². The molecule has 3 aromatic carbocycles. The van der Waals surface area contributed by atoms with Crippen LogP contribution in [0, 0.1) is 0 Å². The number of hydrogen-bond donors (Lipinski definition) is 1. The van der Waals surface area contributed by atoms with Crippen molar-refractivity contribution in [3.63, 3.8) is 0 Å². The summed E-state index contributed by atoms with van der Waals surface area (Å²) in [5.41, 5.74) is 2.69. The average molecular weight is 508 g/mol. The molecule has 8 nitrogen and oxygen atoms in total. The third-order valence-corrected chi connectivity index (χ3v) is 8.20. The highest BCUT2D eigenvalue weighted by Gasteiger charge is 2.23. The van der Waals surface area contributed by atoms with Gasteiger partial charge >= 0.3 is 0 Å². The van der Waals surface area contributed by atoms with E-state index in [1.165, 1.54) is 23.1 Å². The first-order valence-corrected chi connectivity index (χ1v) is 13.3. The van der Waals surface area contributed by atoms with E-state index < -0.39 is 10.0 Å². The fourth-order valence-electron chi connectivity index (χ4n) is 3.44. The van der Waals surface area contributed by atoms with Gasteiger partial charge in [0.25, 0.3) is 0 Å². The van der Waals surface area contributed by atoms with E-state index in [1.54, 1.807) is 41.9 Å². The number of hydrogen-bond acceptors (Lipinski definition) is 6. The second-order valence-corrected chi connectivity index (χ2v) is 10.8. The Bertz CT molecular complexity index is 1410. The zero-order valence-corrected chi connectivity index (χ0v) is 21.0. The molecule has 1 aromatic heterocycles. The van der Waals surface area contributed by atoms with Crippen LogP contribution in [-0.4, -0.2) is 46.2 Å². The summed E-state index contributed by atoms with van der Waals surface area (Å²) in [7, 11) is -0.396. The van der Waals surface area contributed by atoms with Crippen LogP contribution in [0.2, 0.25) is 0 Å². The third-order valence-electron chi connectivity index (χ3n) is 5.36. The molecule has 10 heteroatoms. The first-order valence-electron chi connectivity index (χ1n) is 10.8. The molecule has 0 atom stereocenters. The van der Waals surface area contributed by atoms with Crippen LogP contribution < -0.4 is 5.32 Å². The van der Waals surface area contributed by atoms with E-state index in [-0.39, 0.29) is 23.1 Å². The number of rotatable bonds is 9. The van der Waals surface area contributed by atoms with Crippen LogP contribution in [0.25, 0.3) is 11.1 Å². The van der Waals surface area contributed by atoms with Gasteiger partial charge in [0, 0.05) is 25.3 Å². The number of carbonyl (C=O) groups is 1. The van der Waals surface area contributed by atoms with Crippen molar-refractivity contribution in [2.75, 3.05) is 18.1 Å². The third kappa shape index (κ3) is 5.79. The summed E-state index contributed by atoms with van der Waals surface area (Å²) in [5, 5.41) is 11.8. The van der Waals surface area contributed by atoms with Gasteiger partial charge in [0.2, 0.25) is 15.9 Å². The number of thioether (sulfide) groups is 1. The lowest BCUT2D eigenvalue weighted by Gasteiger charge is -2.16. The monoisotopic (exact) mass is 507 g/mol. The Morgan fingerprint density at radius 2 is 1.57 bits per heavy atom. The maximum Gasteiger partial charge on any atom is 0.243 e. The molecule has 35 heavy (non-hydrogen) atoms. The average Bonchev–Trinajstić information content (AvgIpc) is 3.23. The second kappa shape index (κ2) is 10.9. The lowest BCUT2D eigenvalue weighted by atomic mass is 10.0. The number of aromatic nitrogens is 3. The molecule has 180 valence electrons. The van der Waals surface area contributed by atoms with Gasteiger partial charge in [-0.05, 0) is 23.8 Å². The Morgan fingerprint density at radius 3 is 2.29 bits per heavy atom. The molecule has 0 saturated carbocycles. The van der Waals surface area contributed by atoms with Crippen LogP contribution in [0.5, 0.6) is 0 Å². The molecule has 0 aliphatic carbocycles. The highest BCUT2D eigenvalue weighted by Crippen LogP contribution is 2.28. The minimum absolute atomic E-state index is 0.0535. The molecule has 4 rings (SSSR count). The molecule has 1 heterocycles. The second-order valence-electron chi connectivity index (χ2n) is 7.78. The summed E-state index contributed by atoms with van der Waals surface area (Å²) in [4.78, 5) is 12.9. The minimum atomic E-state index is -3.65. The Balaban J connectivity index is 1.39. The van der Waals surface area contributed by atoms with Gasteiger partial charge in [-0.2, -0.15) is 4.31 Å². The van der Waals surface area contributed by atoms with Crippen LogP contribution in [0.15, 0.2) is 95.0 Å². The number of amides is 1. The van der Waals surface area contributed by atoms with Gasteiger partial charge in [-0.15, -0.1) is 10.2 Å². The molecule has 1 amide bonds. The summed E-state index contributed by atoms with van der Waals surface area (Å²) in [6, 6.07) is 25.7. The molecular formula is C25H25N5O3S2. The smallest absolute Gasteiger partial charge is 0.243 e. The van der Waals surface area contributed by atoms with Crippen molar-refractivity contribution in [3.8, 4) is 11.1 Å². The highest BCUT2D eigenvalue weighted by atomic mass is 32.2. The number of benzene rings is 3. The predicted octanol–water partition coefficient (Wildman–Crippen LogP) is 4.03. The maximum absolute atomic E-state index is 12.8. The van der Waals surface area contributed by atoms with Gasteiger partial charge < -0.3 is 9.88 Å². The van der Waals surface area contributed by atoms with Crippen molar-refractivity contribution in [3.05, 3.63) is 90.8 Å². The van der Waals surface area contributed by atoms with Crippen molar-refractivity contribution < 1.29 is 13.2 Å². The molecule has 0 fully saturated rings. The zero-order chi connectivity index (χ0) is 24.8. The van der Waals surface area contributed by atoms with Gasteiger partial charge in [0.05, 0.1) is 17.2 Å². The molecule has 0 bridgehead atoms. The largest absolute Gasteiger partial charge is 0.325 e. The van der Waals surface area contributed by atoms with Crippen molar-refractivity contribution in [2.24, 2.45) is 7.05 Å². The van der Waals surface area contributed by atoms with Crippen LogP contribution >= 0.6 is 11.8 Å². The van der Waals surface area contributed by atoms with E-state index in [4.69, 9.17) is 0 Å². The van der Waals surface area contributed by atoms with Gasteiger partial charge in [-0.25, -0.2) is 8.42 Å². The number of anilines is 1. The summed E-state index contributed by atoms with van der Waals surface area (Å²) in [5.74, 6) is 0.434. The highest BCUT2D eigenvalue weighted by molar-refractivity contribution is 7.99. The lowest BCUT2D eigenvalue weighted by molar-refractivity contribution is -0.113. The molecular weight excluding hydrogens is 482 g/mol. The van der Waals surface area contributed by atoms with E-state index in [0.29, 0.717) is 11.0 Å². The SMILES string of the molecule is CN(Cc1nnc(SCC(=O)Nc2ccccc2-c2ccccc2)n1C)S(=O)(=O)c1ccccc1. The van der Waals surface area contributed by atoms with Crippen molar-refractivity contribution in [1.29, 1.82) is 0 Å². The lowest BCUT2D eigenvalue weighted by Crippen LogP contribution is -2.27. The van der Waals surface area contributed by atoms with E-state index in [9.17, 15) is 13.2 Å². The molecule has 0 aliphatic heterocycles. The molecule has 1 N–H and O–H groups in total. The van der Waals surface area contributed by atoms with Crippen LogP contribution in [0.4, 0.5) is 5.69 Å². The zero-order valence-electron chi connectivity index (χ0n) is 19.3. The standard InChI is InChI=1S/C25H25N5O3S2/c1-29(35(32,33)20-13-7-4-8-14-20)17-23-27-28-25(30(23)2)34-18-24(31)26-22-16-10-9-15-21(22)19-11-5-3-6-12-19/h3-16H,17-18H2,1-2H3,(H,26,31). The Hall–Kier alpha value is -3.47. The Kier molecular flexibility index (Phi) is 7.64. The summed E-state index contributed by atoms with van der Waals surface area (Å²) in [6.07, 6.45) is 0. The molecule has 0 radical (unpaired) electrons. The number of sulfonamides is 1. The van der Waals surface area contributed by atoms with Crippen molar-refractivity contribution >= 4 is 33.4 Å². The van der Waals surface area contributed by atoms with E-state index in [0.717, 1.165) is 16.8 Å². The fourth-order valence-corrected chi connectivity index (χ4v) is 5.32. The molecule has 4 aromatic rings. The number of nitrogens with one attached hydrogen (secondary N) is 1. The molecule has 0 aliphatic rings. The van der Waals surface area contributed by atoms with Gasteiger partial charge in [-0.3, -0.25) is 4.79 Å². The molecule has 0 unspecified atom stereocenters. The quantitative estimate of drug-likeness (QED) is 0.344. The first kappa shape index (κ1) is 24.6. The number of nitrogens with zero attached hydrogens (tertiary/aromatic N) is 4. The molecule has 0 spiro atoms. The maximum atomic E-state index is 12.8. The first-order chi connectivity index (χ1) is 16.9. The van der Waals surface area contributed by atoms with Crippen molar-refractivity contribution in [2.45, 2.75) is 16.6 Å². The summed E-state index contributed by atoms with van der Waals surface area (Å²) < 4.78 is 28.5. The van der Waals surface area contributed by atoms with E-state index in [1.807, 2.05) is 54.6 Å². The summed E-state index contributed by atoms with van der Waals surface area (Å²) in [6.45, 7) is 0.0535. The fraction of sp³-hybridized carbons (Fsp3) is 0.160. The Labute approximate surface area is 209 Å². The molecule has 0 saturated heterocycles. The van der Waals surface area contributed by atoms with Gasteiger partial charge in [0.1, 0.15) is 5.82 Å². The predicted molar refractivity (Wildman–Crippen MR) is 137 cm³/mol. The summed E-state index contributed by atoms with van der Waals surface area (Å²) >= 11 is 1.24. The van der Waals surface area contributed by atoms with Crippen LogP contribution in [0.1, 0.15) is 5.82 Å². The minimum Gasteiger partial charge on any atom is -0.325 e. The normalized spacial score (nSPS) is 11.5. The van der Waals surface area contributed by atoms with E-state index >= 15 is 0 Å². The number of para-hydroxylation sites is 1. The van der Waals surface area contributed by atoms with Crippen molar-refractivity contribution in [1.82, 2.24) is 19.1 Å². The van der Waals surface area contributed by atoms with Gasteiger partial charge in [0.15, 0.2) is 5.16 Å². The van der Waals surface area contributed by atoms with Gasteiger partial charge in [-0.1, -0.05) is 78.5 Å². The van der Waals surface area contributed by atoms with E-state index in [2.05, 4.69) is 15.5 Å². The van der Waals surface area contributed by atoms with Crippen LogP contribution in [0.3, 0.4) is 0 Å². The topological polar surface area (TPSA) is 97.2 Å². The Morgan fingerprint density at radius 1 is 0.943 bits per heavy atom. The number of carbonyl (C=O) groups excluding carboxylic acids is 1.